The predicted molar refractivity (Wildman–Crippen MR) is 65.0 cm³/mol. The van der Waals surface area contributed by atoms with E-state index in [1.54, 1.807) is 12.6 Å². The third-order valence-electron chi connectivity index (χ3n) is 2.34. The van der Waals surface area contributed by atoms with Crippen molar-refractivity contribution in [2.24, 2.45) is 0 Å². The van der Waals surface area contributed by atoms with Crippen LogP contribution >= 0.6 is 0 Å². The molecule has 5 heteroatoms. The second-order valence-electron chi connectivity index (χ2n) is 3.42. The minimum absolute atomic E-state index is 0.359. The second kappa shape index (κ2) is 6.62. The zero-order chi connectivity index (χ0) is 12.8. The Kier molecular flexibility index (Phi) is 6.24. The van der Waals surface area contributed by atoms with E-state index in [4.69, 9.17) is 13.6 Å². The van der Waals surface area contributed by atoms with Crippen LogP contribution in [-0.2, 0) is 18.4 Å². The van der Waals surface area contributed by atoms with Gasteiger partial charge in [0.25, 0.3) is 0 Å². The minimum atomic E-state index is -2.68. The van der Waals surface area contributed by atoms with E-state index in [0.717, 1.165) is 0 Å². The Labute approximate surface area is 98.1 Å². The van der Waals surface area contributed by atoms with Crippen LogP contribution in [0.4, 0.5) is 0 Å². The molecule has 4 nitrogen and oxygen atoms in total. The summed E-state index contributed by atoms with van der Waals surface area (Å²) in [4.78, 5) is 11.5. The standard InChI is InChI=1S/C11H20O4Si/c1-7-10(15-11(12)9(3)4)16(8-2,13-5)14-6/h8,10H,2-3,7H2,1,4-6H3. The molecule has 0 aliphatic rings. The van der Waals surface area contributed by atoms with Crippen molar-refractivity contribution in [3.05, 3.63) is 24.4 Å². The smallest absolute Gasteiger partial charge is 0.406 e. The molecule has 0 rings (SSSR count). The van der Waals surface area contributed by atoms with Gasteiger partial charge in [-0.15, -0.1) is 6.58 Å². The summed E-state index contributed by atoms with van der Waals surface area (Å²) in [5.74, 6) is -0.431. The van der Waals surface area contributed by atoms with Gasteiger partial charge < -0.3 is 13.6 Å². The first-order valence-corrected chi connectivity index (χ1v) is 7.04. The molecule has 0 amide bonds. The quantitative estimate of drug-likeness (QED) is 0.390. The lowest BCUT2D eigenvalue weighted by molar-refractivity contribution is -0.142. The topological polar surface area (TPSA) is 44.8 Å². The van der Waals surface area contributed by atoms with Crippen molar-refractivity contribution in [1.29, 1.82) is 0 Å². The number of rotatable bonds is 7. The van der Waals surface area contributed by atoms with E-state index in [1.165, 1.54) is 14.2 Å². The van der Waals surface area contributed by atoms with Crippen molar-refractivity contribution < 1.29 is 18.4 Å². The Morgan fingerprint density at radius 1 is 1.44 bits per heavy atom. The number of hydrogen-bond acceptors (Lipinski definition) is 4. The van der Waals surface area contributed by atoms with Crippen LogP contribution in [0.25, 0.3) is 0 Å². The molecule has 0 saturated carbocycles. The molecule has 0 aliphatic heterocycles. The maximum absolute atomic E-state index is 11.5. The summed E-state index contributed by atoms with van der Waals surface area (Å²) in [6, 6.07) is 0. The van der Waals surface area contributed by atoms with Gasteiger partial charge in [-0.3, -0.25) is 0 Å². The van der Waals surface area contributed by atoms with Crippen LogP contribution in [0.15, 0.2) is 24.4 Å². The molecule has 0 aromatic carbocycles. The monoisotopic (exact) mass is 244 g/mol. The molecular formula is C11H20O4Si. The molecule has 0 radical (unpaired) electrons. The van der Waals surface area contributed by atoms with Crippen molar-refractivity contribution in [2.75, 3.05) is 14.2 Å². The molecule has 16 heavy (non-hydrogen) atoms. The molecule has 0 heterocycles. The highest BCUT2D eigenvalue weighted by molar-refractivity contribution is 6.73. The molecule has 0 N–H and O–H groups in total. The summed E-state index contributed by atoms with van der Waals surface area (Å²) in [5.41, 5.74) is 1.56. The molecule has 1 unspecified atom stereocenters. The summed E-state index contributed by atoms with van der Waals surface area (Å²) in [7, 11) is 0.397. The van der Waals surface area contributed by atoms with Crippen LogP contribution in [0.3, 0.4) is 0 Å². The first-order chi connectivity index (χ1) is 7.47. The molecule has 0 bridgehead atoms. The summed E-state index contributed by atoms with van der Waals surface area (Å²) < 4.78 is 16.0. The minimum Gasteiger partial charge on any atom is -0.457 e. The van der Waals surface area contributed by atoms with E-state index >= 15 is 0 Å². The van der Waals surface area contributed by atoms with Crippen molar-refractivity contribution in [3.8, 4) is 0 Å². The number of carbonyl (C=O) groups is 1. The third-order valence-corrected chi connectivity index (χ3v) is 5.61. The van der Waals surface area contributed by atoms with Gasteiger partial charge in [0.2, 0.25) is 0 Å². The Morgan fingerprint density at radius 2 is 1.94 bits per heavy atom. The maximum Gasteiger partial charge on any atom is 0.406 e. The van der Waals surface area contributed by atoms with Crippen molar-refractivity contribution in [3.63, 3.8) is 0 Å². The maximum atomic E-state index is 11.5. The second-order valence-corrected chi connectivity index (χ2v) is 6.73. The summed E-state index contributed by atoms with van der Waals surface area (Å²) in [6.45, 7) is 10.7. The number of hydrogen-bond donors (Lipinski definition) is 0. The van der Waals surface area contributed by atoms with E-state index in [1.807, 2.05) is 6.92 Å². The summed E-state index contributed by atoms with van der Waals surface area (Å²) in [5, 5.41) is 0. The molecule has 0 saturated heterocycles. The highest BCUT2D eigenvalue weighted by Gasteiger charge is 2.44. The van der Waals surface area contributed by atoms with Crippen LogP contribution in [-0.4, -0.2) is 34.5 Å². The molecule has 0 aromatic rings. The van der Waals surface area contributed by atoms with Gasteiger partial charge in [0.1, 0.15) is 5.73 Å². The lowest BCUT2D eigenvalue weighted by atomic mass is 10.4. The van der Waals surface area contributed by atoms with E-state index in [0.29, 0.717) is 12.0 Å². The van der Waals surface area contributed by atoms with Gasteiger partial charge in [0.05, 0.1) is 0 Å². The average Bonchev–Trinajstić information content (AvgIpc) is 2.29. The van der Waals surface area contributed by atoms with Crippen molar-refractivity contribution in [1.82, 2.24) is 0 Å². The fourth-order valence-corrected chi connectivity index (χ4v) is 3.45. The van der Waals surface area contributed by atoms with Crippen LogP contribution in [0, 0.1) is 0 Å². The molecule has 0 spiro atoms. The highest BCUT2D eigenvalue weighted by atomic mass is 28.4. The average molecular weight is 244 g/mol. The lowest BCUT2D eigenvalue weighted by Crippen LogP contribution is -2.52. The molecule has 1 atom stereocenters. The van der Waals surface area contributed by atoms with Crippen molar-refractivity contribution >= 4 is 14.5 Å². The first-order valence-electron chi connectivity index (χ1n) is 5.07. The number of esters is 1. The van der Waals surface area contributed by atoms with Gasteiger partial charge >= 0.3 is 14.5 Å². The van der Waals surface area contributed by atoms with Crippen LogP contribution < -0.4 is 0 Å². The lowest BCUT2D eigenvalue weighted by Gasteiger charge is -2.31. The van der Waals surface area contributed by atoms with Gasteiger partial charge in [0.15, 0.2) is 0 Å². The molecule has 0 aliphatic carbocycles. The van der Waals surface area contributed by atoms with Crippen LogP contribution in [0.1, 0.15) is 20.3 Å². The Morgan fingerprint density at radius 3 is 2.19 bits per heavy atom. The first kappa shape index (κ1) is 15.1. The van der Waals surface area contributed by atoms with E-state index in [-0.39, 0.29) is 0 Å². The summed E-state index contributed by atoms with van der Waals surface area (Å²) >= 11 is 0. The zero-order valence-corrected chi connectivity index (χ0v) is 11.4. The fraction of sp³-hybridized carbons (Fsp3) is 0.545. The highest BCUT2D eigenvalue weighted by Crippen LogP contribution is 2.19. The molecular weight excluding hydrogens is 224 g/mol. The SMILES string of the molecule is C=C[Si](OC)(OC)C(CC)OC(=O)C(=C)C. The van der Waals surface area contributed by atoms with Gasteiger partial charge in [-0.25, -0.2) is 4.79 Å². The molecule has 92 valence electrons. The Bertz CT molecular complexity index is 271. The number of ether oxygens (including phenoxy) is 1. The van der Waals surface area contributed by atoms with E-state index < -0.39 is 20.3 Å². The zero-order valence-electron chi connectivity index (χ0n) is 10.4. The predicted octanol–water partition coefficient (Wildman–Crippen LogP) is 1.88. The molecule has 0 fully saturated rings. The third kappa shape index (κ3) is 3.30. The van der Waals surface area contributed by atoms with Crippen LogP contribution in [0.5, 0.6) is 0 Å². The van der Waals surface area contributed by atoms with Crippen LogP contribution in [0.2, 0.25) is 0 Å². The van der Waals surface area contributed by atoms with Gasteiger partial charge in [-0.2, -0.15) is 0 Å². The summed E-state index contributed by atoms with van der Waals surface area (Å²) in [6.07, 6.45) is 0.610. The number of carbonyl (C=O) groups excluding carboxylic acids is 1. The Hall–Kier alpha value is -0.913. The van der Waals surface area contributed by atoms with E-state index in [2.05, 4.69) is 13.2 Å². The van der Waals surface area contributed by atoms with Gasteiger partial charge in [0, 0.05) is 19.8 Å². The van der Waals surface area contributed by atoms with Gasteiger partial charge in [-0.05, 0) is 19.0 Å². The fourth-order valence-electron chi connectivity index (χ4n) is 1.32. The largest absolute Gasteiger partial charge is 0.457 e. The van der Waals surface area contributed by atoms with Gasteiger partial charge in [-0.1, -0.05) is 13.5 Å². The van der Waals surface area contributed by atoms with E-state index in [9.17, 15) is 4.79 Å². The van der Waals surface area contributed by atoms with Crippen molar-refractivity contribution in [2.45, 2.75) is 26.0 Å². The Balaban J connectivity index is 4.88. The normalized spacial score (nSPS) is 13.0. The molecule has 0 aromatic heterocycles.